The molecule has 5 nitrogen and oxygen atoms in total. The largest absolute Gasteiger partial charge is 0.323 e. The molecule has 2 aromatic rings. The summed E-state index contributed by atoms with van der Waals surface area (Å²) >= 11 is 0. The number of aromatic nitrogens is 3. The highest BCUT2D eigenvalue weighted by Gasteiger charge is 1.97. The first-order valence-electron chi connectivity index (χ1n) is 3.16. The molecule has 4 N–H and O–H groups in total. The lowest BCUT2D eigenvalue weighted by Crippen LogP contribution is -2.07. The summed E-state index contributed by atoms with van der Waals surface area (Å²) < 4.78 is 0. The minimum absolute atomic E-state index is 0.549. The van der Waals surface area contributed by atoms with E-state index in [1.54, 1.807) is 12.4 Å². The maximum absolute atomic E-state index is 5.15. The van der Waals surface area contributed by atoms with E-state index in [0.717, 1.165) is 11.0 Å². The average Bonchev–Trinajstić information content (AvgIpc) is 2.46. The standard InChI is InChI=1S/C6H7N5/c7-11-6-9-4-1-2-8-3-5(4)10-6/h1-3H,7H2,(H2,9,10,11). The van der Waals surface area contributed by atoms with Gasteiger partial charge in [-0.3, -0.25) is 10.4 Å². The Balaban J connectivity index is 2.69. The first-order valence-corrected chi connectivity index (χ1v) is 3.16. The molecule has 0 aromatic carbocycles. The minimum Gasteiger partial charge on any atom is -0.323 e. The van der Waals surface area contributed by atoms with E-state index in [4.69, 9.17) is 5.84 Å². The van der Waals surface area contributed by atoms with E-state index in [1.165, 1.54) is 0 Å². The van der Waals surface area contributed by atoms with Gasteiger partial charge in [0.15, 0.2) is 0 Å². The number of nitrogens with two attached hydrogens (primary N) is 1. The van der Waals surface area contributed by atoms with Gasteiger partial charge in [-0.15, -0.1) is 0 Å². The molecule has 0 bridgehead atoms. The molecule has 0 amide bonds. The van der Waals surface area contributed by atoms with Crippen molar-refractivity contribution in [3.63, 3.8) is 0 Å². The van der Waals surface area contributed by atoms with Crippen LogP contribution in [-0.4, -0.2) is 15.0 Å². The molecule has 0 aliphatic carbocycles. The fourth-order valence-electron chi connectivity index (χ4n) is 0.925. The van der Waals surface area contributed by atoms with Gasteiger partial charge >= 0.3 is 0 Å². The van der Waals surface area contributed by atoms with Crippen LogP contribution < -0.4 is 11.3 Å². The number of anilines is 1. The van der Waals surface area contributed by atoms with Crippen molar-refractivity contribution in [2.75, 3.05) is 5.43 Å². The molecule has 5 heteroatoms. The number of nitrogens with zero attached hydrogens (tertiary/aromatic N) is 2. The fourth-order valence-corrected chi connectivity index (χ4v) is 0.925. The van der Waals surface area contributed by atoms with Crippen LogP contribution in [0.5, 0.6) is 0 Å². The van der Waals surface area contributed by atoms with Crippen LogP contribution in [0, 0.1) is 0 Å². The second-order valence-electron chi connectivity index (χ2n) is 2.12. The smallest absolute Gasteiger partial charge is 0.215 e. The van der Waals surface area contributed by atoms with Gasteiger partial charge in [-0.1, -0.05) is 0 Å². The SMILES string of the molecule is NNc1nc2cnccc2[nH]1. The molecule has 0 aliphatic rings. The molecule has 0 radical (unpaired) electrons. The number of rotatable bonds is 1. The first-order chi connectivity index (χ1) is 5.40. The van der Waals surface area contributed by atoms with E-state index >= 15 is 0 Å². The highest BCUT2D eigenvalue weighted by molar-refractivity contribution is 5.75. The Hall–Kier alpha value is -1.62. The Morgan fingerprint density at radius 3 is 3.18 bits per heavy atom. The van der Waals surface area contributed by atoms with Gasteiger partial charge in [-0.25, -0.2) is 10.8 Å². The summed E-state index contributed by atoms with van der Waals surface area (Å²) in [6, 6.07) is 1.84. The maximum Gasteiger partial charge on any atom is 0.215 e. The molecule has 0 saturated carbocycles. The lowest BCUT2D eigenvalue weighted by atomic mass is 10.4. The molecular formula is C6H7N5. The van der Waals surface area contributed by atoms with Gasteiger partial charge in [0, 0.05) is 6.20 Å². The number of pyridine rings is 1. The predicted molar refractivity (Wildman–Crippen MR) is 41.7 cm³/mol. The number of aromatic amines is 1. The molecule has 11 heavy (non-hydrogen) atoms. The molecule has 0 fully saturated rings. The summed E-state index contributed by atoms with van der Waals surface area (Å²) in [5.74, 6) is 5.70. The number of H-pyrrole nitrogens is 1. The van der Waals surface area contributed by atoms with Crippen LogP contribution >= 0.6 is 0 Å². The number of imidazole rings is 1. The van der Waals surface area contributed by atoms with Crippen LogP contribution in [0.2, 0.25) is 0 Å². The van der Waals surface area contributed by atoms with Gasteiger partial charge in [0.05, 0.1) is 11.7 Å². The molecule has 0 atom stereocenters. The van der Waals surface area contributed by atoms with E-state index in [9.17, 15) is 0 Å². The quantitative estimate of drug-likeness (QED) is 0.401. The zero-order chi connectivity index (χ0) is 7.68. The Morgan fingerprint density at radius 1 is 1.55 bits per heavy atom. The average molecular weight is 149 g/mol. The minimum atomic E-state index is 0.549. The normalized spacial score (nSPS) is 10.3. The number of hydrogen-bond donors (Lipinski definition) is 3. The zero-order valence-electron chi connectivity index (χ0n) is 5.70. The lowest BCUT2D eigenvalue weighted by Gasteiger charge is -1.86. The molecule has 0 unspecified atom stereocenters. The molecule has 56 valence electrons. The molecular weight excluding hydrogens is 142 g/mol. The van der Waals surface area contributed by atoms with Crippen molar-refractivity contribution in [1.82, 2.24) is 15.0 Å². The summed E-state index contributed by atoms with van der Waals surface area (Å²) in [6.07, 6.45) is 3.37. The van der Waals surface area contributed by atoms with Crippen LogP contribution in [0.1, 0.15) is 0 Å². The van der Waals surface area contributed by atoms with Crippen LogP contribution in [0.4, 0.5) is 5.95 Å². The molecule has 0 spiro atoms. The number of hydrazine groups is 1. The third-order valence-electron chi connectivity index (χ3n) is 1.42. The highest BCUT2D eigenvalue weighted by atomic mass is 15.3. The summed E-state index contributed by atoms with van der Waals surface area (Å²) in [6.45, 7) is 0. The van der Waals surface area contributed by atoms with Gasteiger partial charge in [0.25, 0.3) is 0 Å². The Kier molecular flexibility index (Phi) is 1.23. The fraction of sp³-hybridized carbons (Fsp3) is 0. The third kappa shape index (κ3) is 0.908. The van der Waals surface area contributed by atoms with Crippen molar-refractivity contribution in [1.29, 1.82) is 0 Å². The van der Waals surface area contributed by atoms with Crippen molar-refractivity contribution in [3.8, 4) is 0 Å². The van der Waals surface area contributed by atoms with Crippen molar-refractivity contribution in [2.24, 2.45) is 5.84 Å². The molecule has 2 heterocycles. The lowest BCUT2D eigenvalue weighted by molar-refractivity contribution is 1.21. The summed E-state index contributed by atoms with van der Waals surface area (Å²) in [5, 5.41) is 0. The Morgan fingerprint density at radius 2 is 2.45 bits per heavy atom. The summed E-state index contributed by atoms with van der Waals surface area (Å²) in [7, 11) is 0. The maximum atomic E-state index is 5.15. The third-order valence-corrected chi connectivity index (χ3v) is 1.42. The first kappa shape index (κ1) is 6.11. The number of nitrogens with one attached hydrogen (secondary N) is 2. The van der Waals surface area contributed by atoms with Gasteiger partial charge in [-0.2, -0.15) is 0 Å². The Bertz CT molecular complexity index is 333. The summed E-state index contributed by atoms with van der Waals surface area (Å²) in [5.41, 5.74) is 4.15. The van der Waals surface area contributed by atoms with E-state index in [2.05, 4.69) is 20.4 Å². The van der Waals surface area contributed by atoms with E-state index < -0.39 is 0 Å². The van der Waals surface area contributed by atoms with Crippen LogP contribution in [0.3, 0.4) is 0 Å². The van der Waals surface area contributed by atoms with Crippen LogP contribution in [-0.2, 0) is 0 Å². The highest BCUT2D eigenvalue weighted by Crippen LogP contribution is 2.10. The van der Waals surface area contributed by atoms with Crippen molar-refractivity contribution in [3.05, 3.63) is 18.5 Å². The number of hydrogen-bond acceptors (Lipinski definition) is 4. The van der Waals surface area contributed by atoms with Gasteiger partial charge in [0.2, 0.25) is 5.95 Å². The number of fused-ring (bicyclic) bond motifs is 1. The van der Waals surface area contributed by atoms with Crippen molar-refractivity contribution < 1.29 is 0 Å². The van der Waals surface area contributed by atoms with Crippen LogP contribution in [0.25, 0.3) is 11.0 Å². The van der Waals surface area contributed by atoms with Gasteiger partial charge in [0.1, 0.15) is 5.52 Å². The van der Waals surface area contributed by atoms with E-state index in [-0.39, 0.29) is 0 Å². The van der Waals surface area contributed by atoms with E-state index in [1.807, 2.05) is 6.07 Å². The van der Waals surface area contributed by atoms with E-state index in [0.29, 0.717) is 5.95 Å². The van der Waals surface area contributed by atoms with Crippen molar-refractivity contribution >= 4 is 17.0 Å². The summed E-state index contributed by atoms with van der Waals surface area (Å²) in [4.78, 5) is 10.9. The Labute approximate surface area is 62.6 Å². The zero-order valence-corrected chi connectivity index (χ0v) is 5.70. The monoisotopic (exact) mass is 149 g/mol. The van der Waals surface area contributed by atoms with Gasteiger partial charge < -0.3 is 4.98 Å². The second-order valence-corrected chi connectivity index (χ2v) is 2.12. The van der Waals surface area contributed by atoms with Crippen molar-refractivity contribution in [2.45, 2.75) is 0 Å². The number of nitrogen functional groups attached to an aromatic ring is 1. The topological polar surface area (TPSA) is 79.6 Å². The molecule has 0 saturated heterocycles. The van der Waals surface area contributed by atoms with Crippen LogP contribution in [0.15, 0.2) is 18.5 Å². The second kappa shape index (κ2) is 2.21. The molecule has 2 aromatic heterocycles. The molecule has 2 rings (SSSR count). The molecule has 0 aliphatic heterocycles. The predicted octanol–water partition coefficient (Wildman–Crippen LogP) is 0.243. The van der Waals surface area contributed by atoms with Gasteiger partial charge in [-0.05, 0) is 6.07 Å².